The Balaban J connectivity index is 1.92. The first-order chi connectivity index (χ1) is 11.4. The molecule has 4 heteroatoms. The van der Waals surface area contributed by atoms with Crippen LogP contribution in [0.1, 0.15) is 33.3 Å². The average molecular weight is 316 g/mol. The minimum Gasteiger partial charge on any atom is -0.302 e. The van der Waals surface area contributed by atoms with Crippen molar-refractivity contribution in [3.63, 3.8) is 0 Å². The third-order valence-corrected chi connectivity index (χ3v) is 5.45. The third-order valence-electron chi connectivity index (χ3n) is 5.45. The molecule has 0 spiro atoms. The Bertz CT molecular complexity index is 885. The number of fused-ring (bicyclic) bond motifs is 3. The Morgan fingerprint density at radius 2 is 1.54 bits per heavy atom. The number of anilines is 3. The molecule has 0 saturated heterocycles. The van der Waals surface area contributed by atoms with Crippen molar-refractivity contribution < 1.29 is 0 Å². The second-order valence-electron chi connectivity index (χ2n) is 7.35. The summed E-state index contributed by atoms with van der Waals surface area (Å²) in [6, 6.07) is 18.3. The molecule has 120 valence electrons. The van der Waals surface area contributed by atoms with Crippen molar-refractivity contribution in [1.82, 2.24) is 0 Å². The lowest BCUT2D eigenvalue weighted by molar-refractivity contribution is 0.338. The van der Waals surface area contributed by atoms with Crippen LogP contribution in [0.3, 0.4) is 0 Å². The normalized spacial score (nSPS) is 19.5. The predicted molar refractivity (Wildman–Crippen MR) is 97.8 cm³/mol. The van der Waals surface area contributed by atoms with Gasteiger partial charge < -0.3 is 4.90 Å². The number of hydrogen-bond acceptors (Lipinski definition) is 4. The molecule has 2 aliphatic rings. The fourth-order valence-corrected chi connectivity index (χ4v) is 3.41. The van der Waals surface area contributed by atoms with E-state index in [9.17, 15) is 0 Å². The lowest BCUT2D eigenvalue weighted by Crippen LogP contribution is -2.53. The number of hydrogen-bond donors (Lipinski definition) is 0. The van der Waals surface area contributed by atoms with Crippen LogP contribution in [0.25, 0.3) is 0 Å². The zero-order valence-corrected chi connectivity index (χ0v) is 14.4. The molecule has 24 heavy (non-hydrogen) atoms. The van der Waals surface area contributed by atoms with Gasteiger partial charge in [-0.15, -0.1) is 0 Å². The number of aliphatic imine (C=N–C) groups is 1. The average Bonchev–Trinajstić information content (AvgIpc) is 2.97. The maximum Gasteiger partial charge on any atom is 0.211 e. The van der Waals surface area contributed by atoms with E-state index in [0.717, 1.165) is 17.3 Å². The van der Waals surface area contributed by atoms with E-state index in [-0.39, 0.29) is 11.1 Å². The highest BCUT2D eigenvalue weighted by atomic mass is 15.5. The van der Waals surface area contributed by atoms with Crippen molar-refractivity contribution in [1.29, 1.82) is 5.26 Å². The first-order valence-corrected chi connectivity index (χ1v) is 8.16. The van der Waals surface area contributed by atoms with E-state index in [0.29, 0.717) is 5.56 Å². The Hall–Kier alpha value is -2.80. The van der Waals surface area contributed by atoms with Crippen LogP contribution in [0.15, 0.2) is 53.5 Å². The monoisotopic (exact) mass is 316 g/mol. The molecule has 0 fully saturated rings. The summed E-state index contributed by atoms with van der Waals surface area (Å²) < 4.78 is 0. The standard InChI is InChI=1S/C20H20N4/c1-19(2)20(3,4)24-17-8-6-5-7-16(17)23(18(24)22-19)15-11-9-14(13-21)10-12-15/h5-12H,1-4H3. The molecule has 0 amide bonds. The lowest BCUT2D eigenvalue weighted by atomic mass is 9.83. The van der Waals surface area contributed by atoms with Crippen LogP contribution in [0, 0.1) is 11.3 Å². The Morgan fingerprint density at radius 3 is 2.17 bits per heavy atom. The van der Waals surface area contributed by atoms with Crippen molar-refractivity contribution in [2.24, 2.45) is 4.99 Å². The van der Waals surface area contributed by atoms with Gasteiger partial charge in [0.2, 0.25) is 5.96 Å². The van der Waals surface area contributed by atoms with Crippen molar-refractivity contribution in [2.45, 2.75) is 38.8 Å². The molecule has 0 aliphatic carbocycles. The van der Waals surface area contributed by atoms with Gasteiger partial charge in [-0.25, -0.2) is 4.99 Å². The fourth-order valence-electron chi connectivity index (χ4n) is 3.41. The van der Waals surface area contributed by atoms with E-state index in [1.807, 2.05) is 24.3 Å². The molecule has 2 heterocycles. The number of nitriles is 1. The lowest BCUT2D eigenvalue weighted by Gasteiger charge is -2.39. The quantitative estimate of drug-likeness (QED) is 0.781. The largest absolute Gasteiger partial charge is 0.302 e. The van der Waals surface area contributed by atoms with Gasteiger partial charge in [-0.05, 0) is 64.1 Å². The van der Waals surface area contributed by atoms with Gasteiger partial charge in [0, 0.05) is 5.69 Å². The summed E-state index contributed by atoms with van der Waals surface area (Å²) in [5, 5.41) is 9.04. The third kappa shape index (κ3) is 1.75. The molecule has 4 nitrogen and oxygen atoms in total. The van der Waals surface area contributed by atoms with E-state index in [1.165, 1.54) is 5.69 Å². The molecule has 2 aliphatic heterocycles. The van der Waals surface area contributed by atoms with Gasteiger partial charge in [-0.2, -0.15) is 5.26 Å². The van der Waals surface area contributed by atoms with Crippen LogP contribution in [-0.2, 0) is 0 Å². The number of para-hydroxylation sites is 2. The SMILES string of the molecule is CC1(C)N=C2N(c3ccc(C#N)cc3)c3ccccc3N2C1(C)C. The zero-order chi connectivity index (χ0) is 17.1. The Morgan fingerprint density at radius 1 is 0.917 bits per heavy atom. The highest BCUT2D eigenvalue weighted by Crippen LogP contribution is 2.51. The van der Waals surface area contributed by atoms with Gasteiger partial charge in [0.1, 0.15) is 0 Å². The number of guanidine groups is 1. The highest BCUT2D eigenvalue weighted by molar-refractivity contribution is 6.22. The van der Waals surface area contributed by atoms with Gasteiger partial charge in [0.05, 0.1) is 34.1 Å². The summed E-state index contributed by atoms with van der Waals surface area (Å²) in [5.74, 6) is 0.955. The first-order valence-electron chi connectivity index (χ1n) is 8.16. The maximum absolute atomic E-state index is 9.04. The number of rotatable bonds is 1. The van der Waals surface area contributed by atoms with E-state index >= 15 is 0 Å². The minimum absolute atomic E-state index is 0.125. The molecular formula is C20H20N4. The van der Waals surface area contributed by atoms with Gasteiger partial charge >= 0.3 is 0 Å². The molecule has 0 bridgehead atoms. The maximum atomic E-state index is 9.04. The van der Waals surface area contributed by atoms with Crippen molar-refractivity contribution in [2.75, 3.05) is 9.80 Å². The molecule has 2 aromatic carbocycles. The predicted octanol–water partition coefficient (Wildman–Crippen LogP) is 4.44. The van der Waals surface area contributed by atoms with E-state index in [4.69, 9.17) is 10.3 Å². The fraction of sp³-hybridized carbons (Fsp3) is 0.300. The van der Waals surface area contributed by atoms with E-state index < -0.39 is 0 Å². The summed E-state index contributed by atoms with van der Waals surface area (Å²) in [4.78, 5) is 9.58. The summed E-state index contributed by atoms with van der Waals surface area (Å²) in [5.41, 5.74) is 3.68. The van der Waals surface area contributed by atoms with Gasteiger partial charge in [0.15, 0.2) is 0 Å². The first kappa shape index (κ1) is 14.8. The topological polar surface area (TPSA) is 42.6 Å². The highest BCUT2D eigenvalue weighted by Gasteiger charge is 2.54. The molecule has 0 N–H and O–H groups in total. The second kappa shape index (κ2) is 4.61. The summed E-state index contributed by atoms with van der Waals surface area (Å²) in [7, 11) is 0. The molecule has 0 aromatic heterocycles. The summed E-state index contributed by atoms with van der Waals surface area (Å²) in [6.07, 6.45) is 0. The van der Waals surface area contributed by atoms with Crippen molar-refractivity contribution in [3.8, 4) is 6.07 Å². The Kier molecular flexibility index (Phi) is 2.84. The number of nitrogens with zero attached hydrogens (tertiary/aromatic N) is 4. The number of benzene rings is 2. The molecule has 2 aromatic rings. The van der Waals surface area contributed by atoms with Crippen LogP contribution < -0.4 is 9.80 Å². The summed E-state index contributed by atoms with van der Waals surface area (Å²) >= 11 is 0. The van der Waals surface area contributed by atoms with Gasteiger partial charge in [0.25, 0.3) is 0 Å². The van der Waals surface area contributed by atoms with Crippen LogP contribution in [0.4, 0.5) is 17.1 Å². The molecule has 0 saturated carbocycles. The second-order valence-corrected chi connectivity index (χ2v) is 7.35. The van der Waals surface area contributed by atoms with Gasteiger partial charge in [-0.3, -0.25) is 4.90 Å². The smallest absolute Gasteiger partial charge is 0.211 e. The van der Waals surface area contributed by atoms with Crippen molar-refractivity contribution >= 4 is 23.0 Å². The van der Waals surface area contributed by atoms with Crippen LogP contribution in [0.5, 0.6) is 0 Å². The molecular weight excluding hydrogens is 296 g/mol. The zero-order valence-electron chi connectivity index (χ0n) is 14.4. The van der Waals surface area contributed by atoms with Gasteiger partial charge in [-0.1, -0.05) is 12.1 Å². The molecule has 0 unspecified atom stereocenters. The molecule has 0 atom stereocenters. The van der Waals surface area contributed by atoms with E-state index in [2.05, 4.69) is 67.8 Å². The van der Waals surface area contributed by atoms with Crippen LogP contribution >= 0.6 is 0 Å². The van der Waals surface area contributed by atoms with Crippen LogP contribution in [-0.4, -0.2) is 17.0 Å². The minimum atomic E-state index is -0.194. The molecule has 0 radical (unpaired) electrons. The van der Waals surface area contributed by atoms with E-state index in [1.54, 1.807) is 0 Å². The summed E-state index contributed by atoms with van der Waals surface area (Å²) in [6.45, 7) is 8.83. The molecule has 4 rings (SSSR count). The van der Waals surface area contributed by atoms with Crippen LogP contribution in [0.2, 0.25) is 0 Å². The Labute approximate surface area is 142 Å². The van der Waals surface area contributed by atoms with Crippen molar-refractivity contribution in [3.05, 3.63) is 54.1 Å².